The van der Waals surface area contributed by atoms with Gasteiger partial charge >= 0.3 is 6.18 Å². The Balaban J connectivity index is 1.67. The molecule has 1 N–H and O–H groups in total. The fraction of sp³-hybridized carbons (Fsp3) is 0.350. The van der Waals surface area contributed by atoms with Crippen molar-refractivity contribution in [2.45, 2.75) is 45.3 Å². The van der Waals surface area contributed by atoms with Crippen molar-refractivity contribution in [2.24, 2.45) is 0 Å². The third-order valence-corrected chi connectivity index (χ3v) is 6.26. The van der Waals surface area contributed by atoms with Crippen LogP contribution in [0.2, 0.25) is 0 Å². The molecule has 1 aliphatic carbocycles. The maximum absolute atomic E-state index is 13.1. The summed E-state index contributed by atoms with van der Waals surface area (Å²) in [5, 5.41) is 2.82. The van der Waals surface area contributed by atoms with Crippen molar-refractivity contribution < 1.29 is 18.0 Å². The molecule has 1 aromatic carbocycles. The minimum absolute atomic E-state index is 0.314. The number of para-hydroxylation sites is 1. The Bertz CT molecular complexity index is 1160. The van der Waals surface area contributed by atoms with Crippen LogP contribution >= 0.6 is 11.3 Å². The van der Waals surface area contributed by atoms with Gasteiger partial charge < -0.3 is 5.32 Å². The van der Waals surface area contributed by atoms with E-state index in [4.69, 9.17) is 0 Å². The number of nitrogens with zero attached hydrogens (tertiary/aromatic N) is 2. The van der Waals surface area contributed by atoms with Crippen molar-refractivity contribution in [2.75, 3.05) is 5.32 Å². The molecule has 9 heteroatoms. The Hall–Kier alpha value is -2.68. The first-order valence-electron chi connectivity index (χ1n) is 9.23. The van der Waals surface area contributed by atoms with Crippen LogP contribution < -0.4 is 10.9 Å². The summed E-state index contributed by atoms with van der Waals surface area (Å²) in [5.74, 6) is -0.350. The van der Waals surface area contributed by atoms with E-state index < -0.39 is 24.2 Å². The highest BCUT2D eigenvalue weighted by Gasteiger charge is 2.33. The molecule has 0 unspecified atom stereocenters. The van der Waals surface area contributed by atoms with Crippen molar-refractivity contribution in [1.82, 2.24) is 9.55 Å². The molecule has 0 bridgehead atoms. The molecule has 0 aliphatic heterocycles. The summed E-state index contributed by atoms with van der Waals surface area (Å²) >= 11 is 1.51. The molecule has 1 amide bonds. The SMILES string of the molecule is Cc1nc2sc3c(c2c(=O)n1CC(=O)Nc1ccccc1C(F)(F)F)CCCC3. The highest BCUT2D eigenvalue weighted by molar-refractivity contribution is 7.18. The number of amides is 1. The number of carbonyl (C=O) groups excluding carboxylic acids is 1. The highest BCUT2D eigenvalue weighted by atomic mass is 32.1. The maximum Gasteiger partial charge on any atom is 0.418 e. The second-order valence-electron chi connectivity index (χ2n) is 7.03. The summed E-state index contributed by atoms with van der Waals surface area (Å²) in [5.41, 5.74) is -0.577. The number of halogens is 3. The standard InChI is InChI=1S/C20H18F3N3O2S/c1-11-24-18-17(12-6-2-5-9-15(12)29-18)19(28)26(11)10-16(27)25-14-8-4-3-7-13(14)20(21,22)23/h3-4,7-8H,2,5-6,9-10H2,1H3,(H,25,27). The number of fused-ring (bicyclic) bond motifs is 3. The van der Waals surface area contributed by atoms with Gasteiger partial charge in [0.2, 0.25) is 5.91 Å². The number of carbonyl (C=O) groups is 1. The van der Waals surface area contributed by atoms with Gasteiger partial charge in [0.1, 0.15) is 17.2 Å². The number of alkyl halides is 3. The van der Waals surface area contributed by atoms with Crippen molar-refractivity contribution in [3.05, 3.63) is 56.4 Å². The number of benzene rings is 1. The molecule has 1 aliphatic rings. The van der Waals surface area contributed by atoms with Gasteiger partial charge in [0.25, 0.3) is 5.56 Å². The summed E-state index contributed by atoms with van der Waals surface area (Å²) in [6.07, 6.45) is -0.786. The number of hydrogen-bond acceptors (Lipinski definition) is 4. The van der Waals surface area contributed by atoms with Crippen LogP contribution in [0.25, 0.3) is 10.2 Å². The lowest BCUT2D eigenvalue weighted by atomic mass is 9.97. The van der Waals surface area contributed by atoms with E-state index in [1.54, 1.807) is 6.92 Å². The summed E-state index contributed by atoms with van der Waals surface area (Å²) in [6.45, 7) is 1.22. The quantitative estimate of drug-likeness (QED) is 0.686. The van der Waals surface area contributed by atoms with Crippen LogP contribution in [0.15, 0.2) is 29.1 Å². The van der Waals surface area contributed by atoms with Crippen LogP contribution in [0.4, 0.5) is 18.9 Å². The minimum Gasteiger partial charge on any atom is -0.324 e. The van der Waals surface area contributed by atoms with Crippen LogP contribution in [-0.4, -0.2) is 15.5 Å². The third kappa shape index (κ3) is 3.66. The average molecular weight is 421 g/mol. The number of anilines is 1. The lowest BCUT2D eigenvalue weighted by Gasteiger charge is -2.15. The lowest BCUT2D eigenvalue weighted by Crippen LogP contribution is -2.30. The average Bonchev–Trinajstić information content (AvgIpc) is 3.02. The fourth-order valence-electron chi connectivity index (χ4n) is 3.70. The number of thiophene rings is 1. The van der Waals surface area contributed by atoms with Crippen molar-refractivity contribution in [1.29, 1.82) is 0 Å². The molecule has 29 heavy (non-hydrogen) atoms. The summed E-state index contributed by atoms with van der Waals surface area (Å²) in [4.78, 5) is 31.8. The second-order valence-corrected chi connectivity index (χ2v) is 8.12. The number of rotatable bonds is 3. The van der Waals surface area contributed by atoms with E-state index >= 15 is 0 Å². The number of nitrogens with one attached hydrogen (secondary N) is 1. The zero-order valence-electron chi connectivity index (χ0n) is 15.6. The molecule has 0 fully saturated rings. The van der Waals surface area contributed by atoms with Gasteiger partial charge in [-0.3, -0.25) is 14.2 Å². The van der Waals surface area contributed by atoms with Crippen LogP contribution in [0.5, 0.6) is 0 Å². The van der Waals surface area contributed by atoms with Crippen LogP contribution in [-0.2, 0) is 30.4 Å². The van der Waals surface area contributed by atoms with Gasteiger partial charge in [-0.25, -0.2) is 4.98 Å². The first-order valence-corrected chi connectivity index (χ1v) is 10.0. The Labute approximate surface area is 168 Å². The lowest BCUT2D eigenvalue weighted by molar-refractivity contribution is -0.137. The van der Waals surface area contributed by atoms with E-state index in [2.05, 4.69) is 10.3 Å². The Morgan fingerprint density at radius 3 is 2.72 bits per heavy atom. The molecule has 0 radical (unpaired) electrons. The molecule has 0 saturated heterocycles. The molecule has 3 aromatic rings. The van der Waals surface area contributed by atoms with Gasteiger partial charge in [-0.05, 0) is 50.3 Å². The molecule has 0 atom stereocenters. The predicted octanol–water partition coefficient (Wildman–Crippen LogP) is 4.30. The smallest absolute Gasteiger partial charge is 0.324 e. The molecule has 2 heterocycles. The summed E-state index contributed by atoms with van der Waals surface area (Å²) in [6, 6.07) is 4.75. The molecular formula is C20H18F3N3O2S. The van der Waals surface area contributed by atoms with Gasteiger partial charge in [0.15, 0.2) is 0 Å². The molecule has 5 nitrogen and oxygen atoms in total. The van der Waals surface area contributed by atoms with Crippen LogP contribution in [0.3, 0.4) is 0 Å². The van der Waals surface area contributed by atoms with Gasteiger partial charge in [0, 0.05) is 4.88 Å². The van der Waals surface area contributed by atoms with E-state index in [0.29, 0.717) is 16.0 Å². The van der Waals surface area contributed by atoms with Gasteiger partial charge in [0.05, 0.1) is 16.6 Å². The van der Waals surface area contributed by atoms with E-state index in [1.807, 2.05) is 0 Å². The highest BCUT2D eigenvalue weighted by Crippen LogP contribution is 2.35. The van der Waals surface area contributed by atoms with E-state index in [9.17, 15) is 22.8 Å². The molecule has 2 aromatic heterocycles. The Morgan fingerprint density at radius 2 is 1.97 bits per heavy atom. The van der Waals surface area contributed by atoms with Crippen LogP contribution in [0, 0.1) is 6.92 Å². The largest absolute Gasteiger partial charge is 0.418 e. The zero-order chi connectivity index (χ0) is 20.8. The second kappa shape index (κ2) is 7.29. The molecule has 0 saturated carbocycles. The van der Waals surface area contributed by atoms with E-state index in [0.717, 1.165) is 42.2 Å². The minimum atomic E-state index is -4.59. The number of aryl methyl sites for hydroxylation is 3. The summed E-state index contributed by atoms with van der Waals surface area (Å²) < 4.78 is 40.6. The van der Waals surface area contributed by atoms with Crippen molar-refractivity contribution in [3.8, 4) is 0 Å². The molecule has 152 valence electrons. The predicted molar refractivity (Wildman–Crippen MR) is 105 cm³/mol. The summed E-state index contributed by atoms with van der Waals surface area (Å²) in [7, 11) is 0. The van der Waals surface area contributed by atoms with Gasteiger partial charge in [-0.1, -0.05) is 12.1 Å². The molecule has 4 rings (SSSR count). The van der Waals surface area contributed by atoms with Crippen molar-refractivity contribution in [3.63, 3.8) is 0 Å². The Morgan fingerprint density at radius 1 is 1.24 bits per heavy atom. The van der Waals surface area contributed by atoms with Crippen molar-refractivity contribution >= 4 is 33.1 Å². The topological polar surface area (TPSA) is 64.0 Å². The zero-order valence-corrected chi connectivity index (χ0v) is 16.4. The van der Waals surface area contributed by atoms with E-state index in [-0.39, 0.29) is 11.2 Å². The first kappa shape index (κ1) is 19.6. The maximum atomic E-state index is 13.1. The fourth-order valence-corrected chi connectivity index (χ4v) is 5.00. The molecule has 0 spiro atoms. The monoisotopic (exact) mass is 421 g/mol. The Kier molecular flexibility index (Phi) is 4.94. The van der Waals surface area contributed by atoms with E-state index in [1.165, 1.54) is 34.1 Å². The third-order valence-electron chi connectivity index (χ3n) is 5.07. The van der Waals surface area contributed by atoms with Crippen LogP contribution in [0.1, 0.15) is 34.7 Å². The normalized spacial score (nSPS) is 14.1. The first-order chi connectivity index (χ1) is 13.8. The molecular weight excluding hydrogens is 403 g/mol. The number of hydrogen-bond donors (Lipinski definition) is 1. The van der Waals surface area contributed by atoms with Gasteiger partial charge in [-0.2, -0.15) is 13.2 Å². The number of aromatic nitrogens is 2. The van der Waals surface area contributed by atoms with Gasteiger partial charge in [-0.15, -0.1) is 11.3 Å².